The summed E-state index contributed by atoms with van der Waals surface area (Å²) < 4.78 is 6.03. The van der Waals surface area contributed by atoms with Crippen LogP contribution in [-0.4, -0.2) is 11.0 Å². The molecule has 0 heterocycles. The Morgan fingerprint density at radius 3 is 2.86 bits per heavy atom. The van der Waals surface area contributed by atoms with Crippen molar-refractivity contribution in [2.45, 2.75) is 51.7 Å². The number of rotatable bonds is 6. The van der Waals surface area contributed by atoms with Gasteiger partial charge >= 0.3 is 0 Å². The number of nitrogens with two attached hydrogens (primary N) is 1. The van der Waals surface area contributed by atoms with Gasteiger partial charge in [-0.15, -0.1) is 0 Å². The van der Waals surface area contributed by atoms with Crippen molar-refractivity contribution >= 4 is 11.4 Å². The molecule has 21 heavy (non-hydrogen) atoms. The lowest BCUT2D eigenvalue weighted by Crippen LogP contribution is -2.27. The van der Waals surface area contributed by atoms with E-state index < -0.39 is 4.92 Å². The maximum Gasteiger partial charge on any atom is 0.293 e. The third kappa shape index (κ3) is 3.92. The maximum absolute atomic E-state index is 10.9. The number of nitro groups is 1. The Bertz CT molecular complexity index is 493. The lowest BCUT2D eigenvalue weighted by molar-refractivity contribution is -0.384. The highest BCUT2D eigenvalue weighted by Gasteiger charge is 2.24. The van der Waals surface area contributed by atoms with Crippen LogP contribution in [0.3, 0.4) is 0 Å². The molecule has 0 saturated heterocycles. The standard InChI is InChI=1S/C15H23N3O3/c1-2-12-5-3-4-6-15(12)21-10-11-7-8-14(18(19)20)13(9-11)17-16/h7-9,12,15,17H,2-6,10,16H2,1H3. The Morgan fingerprint density at radius 2 is 2.19 bits per heavy atom. The van der Waals surface area contributed by atoms with E-state index in [0.717, 1.165) is 18.4 Å². The first-order valence-corrected chi connectivity index (χ1v) is 7.51. The van der Waals surface area contributed by atoms with Crippen LogP contribution in [0.15, 0.2) is 18.2 Å². The van der Waals surface area contributed by atoms with Gasteiger partial charge in [-0.2, -0.15) is 0 Å². The number of anilines is 1. The SMILES string of the molecule is CCC1CCCCC1OCc1ccc([N+](=O)[O-])c(NN)c1. The number of nitrogens with zero attached hydrogens (tertiary/aromatic N) is 1. The monoisotopic (exact) mass is 293 g/mol. The summed E-state index contributed by atoms with van der Waals surface area (Å²) in [5.41, 5.74) is 3.57. The molecule has 0 radical (unpaired) electrons. The van der Waals surface area contributed by atoms with Crippen LogP contribution in [0.5, 0.6) is 0 Å². The van der Waals surface area contributed by atoms with E-state index in [1.54, 1.807) is 12.1 Å². The molecule has 1 fully saturated rings. The number of nitrogens with one attached hydrogen (secondary N) is 1. The second kappa shape index (κ2) is 7.38. The Balaban J connectivity index is 2.01. The van der Waals surface area contributed by atoms with Gasteiger partial charge in [0.05, 0.1) is 17.6 Å². The van der Waals surface area contributed by atoms with Gasteiger partial charge in [0.1, 0.15) is 5.69 Å². The number of nitro benzene ring substituents is 1. The number of hydrogen-bond acceptors (Lipinski definition) is 5. The molecular weight excluding hydrogens is 270 g/mol. The average molecular weight is 293 g/mol. The maximum atomic E-state index is 10.9. The third-order valence-corrected chi connectivity index (χ3v) is 4.24. The van der Waals surface area contributed by atoms with Crippen molar-refractivity contribution < 1.29 is 9.66 Å². The molecule has 0 bridgehead atoms. The molecule has 2 atom stereocenters. The topological polar surface area (TPSA) is 90.4 Å². The Morgan fingerprint density at radius 1 is 1.43 bits per heavy atom. The van der Waals surface area contributed by atoms with Crippen LogP contribution in [0.1, 0.15) is 44.6 Å². The fourth-order valence-electron chi connectivity index (χ4n) is 3.01. The van der Waals surface area contributed by atoms with Crippen molar-refractivity contribution in [2.24, 2.45) is 11.8 Å². The molecule has 0 aliphatic heterocycles. The fourth-order valence-corrected chi connectivity index (χ4v) is 3.01. The first kappa shape index (κ1) is 15.7. The van der Waals surface area contributed by atoms with E-state index >= 15 is 0 Å². The fraction of sp³-hybridized carbons (Fsp3) is 0.600. The summed E-state index contributed by atoms with van der Waals surface area (Å²) in [5.74, 6) is 5.97. The molecule has 3 N–H and O–H groups in total. The predicted molar refractivity (Wildman–Crippen MR) is 81.7 cm³/mol. The van der Waals surface area contributed by atoms with Gasteiger partial charge in [0.15, 0.2) is 0 Å². The van der Waals surface area contributed by atoms with Gasteiger partial charge in [-0.25, -0.2) is 0 Å². The van der Waals surface area contributed by atoms with Crippen LogP contribution in [0.4, 0.5) is 11.4 Å². The number of hydrazine groups is 1. The molecule has 0 spiro atoms. The van der Waals surface area contributed by atoms with Crippen LogP contribution in [0.2, 0.25) is 0 Å². The highest BCUT2D eigenvalue weighted by Crippen LogP contribution is 2.30. The minimum atomic E-state index is -0.450. The van der Waals surface area contributed by atoms with E-state index in [0.29, 0.717) is 24.3 Å². The molecule has 2 rings (SSSR count). The zero-order valence-corrected chi connectivity index (χ0v) is 12.4. The van der Waals surface area contributed by atoms with Gasteiger partial charge in [0, 0.05) is 6.07 Å². The van der Waals surface area contributed by atoms with Crippen LogP contribution in [-0.2, 0) is 11.3 Å². The normalized spacial score (nSPS) is 22.0. The second-order valence-electron chi connectivity index (χ2n) is 5.56. The van der Waals surface area contributed by atoms with Gasteiger partial charge in [-0.3, -0.25) is 16.0 Å². The summed E-state index contributed by atoms with van der Waals surface area (Å²) in [6.07, 6.45) is 6.28. The van der Waals surface area contributed by atoms with Gasteiger partial charge in [0.2, 0.25) is 0 Å². The first-order valence-electron chi connectivity index (χ1n) is 7.51. The summed E-state index contributed by atoms with van der Waals surface area (Å²) in [7, 11) is 0. The molecule has 6 nitrogen and oxygen atoms in total. The largest absolute Gasteiger partial charge is 0.373 e. The smallest absolute Gasteiger partial charge is 0.293 e. The van der Waals surface area contributed by atoms with Crippen LogP contribution >= 0.6 is 0 Å². The van der Waals surface area contributed by atoms with E-state index in [2.05, 4.69) is 12.3 Å². The van der Waals surface area contributed by atoms with Crippen LogP contribution < -0.4 is 11.3 Å². The molecule has 2 unspecified atom stereocenters. The Hall–Kier alpha value is -1.66. The molecule has 1 saturated carbocycles. The van der Waals surface area contributed by atoms with Gasteiger partial charge < -0.3 is 10.2 Å². The minimum Gasteiger partial charge on any atom is -0.373 e. The van der Waals surface area contributed by atoms with Crippen molar-refractivity contribution in [2.75, 3.05) is 5.43 Å². The average Bonchev–Trinajstić information content (AvgIpc) is 2.52. The number of hydrogen-bond donors (Lipinski definition) is 2. The van der Waals surface area contributed by atoms with E-state index in [-0.39, 0.29) is 5.69 Å². The molecule has 1 aliphatic rings. The molecule has 6 heteroatoms. The molecular formula is C15H23N3O3. The molecule has 0 aromatic heterocycles. The molecule has 1 aliphatic carbocycles. The minimum absolute atomic E-state index is 0.0228. The number of ether oxygens (including phenoxy) is 1. The molecule has 0 amide bonds. The lowest BCUT2D eigenvalue weighted by Gasteiger charge is -2.30. The quantitative estimate of drug-likeness (QED) is 0.477. The van der Waals surface area contributed by atoms with Crippen molar-refractivity contribution in [3.63, 3.8) is 0 Å². The highest BCUT2D eigenvalue weighted by atomic mass is 16.6. The number of benzene rings is 1. The van der Waals surface area contributed by atoms with E-state index in [1.807, 2.05) is 0 Å². The second-order valence-corrected chi connectivity index (χ2v) is 5.56. The van der Waals surface area contributed by atoms with Gasteiger partial charge in [-0.05, 0) is 36.5 Å². The van der Waals surface area contributed by atoms with Crippen LogP contribution in [0.25, 0.3) is 0 Å². The van der Waals surface area contributed by atoms with Crippen molar-refractivity contribution in [3.8, 4) is 0 Å². The Kier molecular flexibility index (Phi) is 5.52. The van der Waals surface area contributed by atoms with Crippen LogP contribution in [0, 0.1) is 16.0 Å². The predicted octanol–water partition coefficient (Wildman–Crippen LogP) is 3.37. The summed E-state index contributed by atoms with van der Waals surface area (Å²) in [5, 5.41) is 10.9. The van der Waals surface area contributed by atoms with E-state index in [4.69, 9.17) is 10.6 Å². The third-order valence-electron chi connectivity index (χ3n) is 4.24. The lowest BCUT2D eigenvalue weighted by atomic mass is 9.85. The van der Waals surface area contributed by atoms with Gasteiger partial charge in [-0.1, -0.05) is 26.2 Å². The summed E-state index contributed by atoms with van der Waals surface area (Å²) in [6.45, 7) is 2.67. The van der Waals surface area contributed by atoms with Crippen molar-refractivity contribution in [3.05, 3.63) is 33.9 Å². The highest BCUT2D eigenvalue weighted by molar-refractivity contribution is 5.61. The zero-order chi connectivity index (χ0) is 15.2. The summed E-state index contributed by atoms with van der Waals surface area (Å²) in [6, 6.07) is 4.87. The summed E-state index contributed by atoms with van der Waals surface area (Å²) in [4.78, 5) is 10.4. The van der Waals surface area contributed by atoms with Crippen molar-refractivity contribution in [1.82, 2.24) is 0 Å². The zero-order valence-electron chi connectivity index (χ0n) is 12.4. The molecule has 1 aromatic rings. The molecule has 1 aromatic carbocycles. The van der Waals surface area contributed by atoms with Gasteiger partial charge in [0.25, 0.3) is 5.69 Å². The van der Waals surface area contributed by atoms with E-state index in [9.17, 15) is 10.1 Å². The number of nitrogen functional groups attached to an aromatic ring is 1. The first-order chi connectivity index (χ1) is 10.2. The van der Waals surface area contributed by atoms with Crippen molar-refractivity contribution in [1.29, 1.82) is 0 Å². The molecule has 116 valence electrons. The Labute approximate surface area is 124 Å². The summed E-state index contributed by atoms with van der Waals surface area (Å²) >= 11 is 0. The van der Waals surface area contributed by atoms with E-state index in [1.165, 1.54) is 25.3 Å².